The minimum Gasteiger partial charge on any atom is -0.468 e. The molecule has 0 saturated carbocycles. The number of nitrogens with two attached hydrogens (primary N) is 1. The lowest BCUT2D eigenvalue weighted by Gasteiger charge is -2.39. The summed E-state index contributed by atoms with van der Waals surface area (Å²) in [6.45, 7) is 1.67. The molecule has 0 radical (unpaired) electrons. The van der Waals surface area contributed by atoms with E-state index in [0.29, 0.717) is 13.0 Å². The Morgan fingerprint density at radius 2 is 1.84 bits per heavy atom. The first-order valence-corrected chi connectivity index (χ1v) is 15.4. The molecule has 1 aliphatic rings. The largest absolute Gasteiger partial charge is 0.468 e. The monoisotopic (exact) mass is 621 g/mol. The number of nitrogens with one attached hydrogen (secondary N) is 2. The van der Waals surface area contributed by atoms with E-state index in [9.17, 15) is 22.8 Å². The normalized spacial score (nSPS) is 17.6. The number of hydrazone groups is 1. The molecule has 2 amide bonds. The second-order valence-corrected chi connectivity index (χ2v) is 12.1. The van der Waals surface area contributed by atoms with E-state index in [2.05, 4.69) is 15.1 Å². The molecule has 3 atom stereocenters. The Morgan fingerprint density at radius 3 is 2.50 bits per heavy atom. The van der Waals surface area contributed by atoms with Crippen LogP contribution in [0.15, 0.2) is 88.9 Å². The van der Waals surface area contributed by atoms with Crippen molar-refractivity contribution in [1.29, 1.82) is 0 Å². The van der Waals surface area contributed by atoms with Gasteiger partial charge in [-0.05, 0) is 41.3 Å². The van der Waals surface area contributed by atoms with E-state index in [4.69, 9.17) is 15.3 Å². The number of nitrogens with zero attached hydrogens (tertiary/aromatic N) is 2. The van der Waals surface area contributed by atoms with Crippen LogP contribution in [0.2, 0.25) is 0 Å². The summed E-state index contributed by atoms with van der Waals surface area (Å²) in [5.74, 6) is 3.86. The molecule has 44 heavy (non-hydrogen) atoms. The molecule has 1 saturated heterocycles. The van der Waals surface area contributed by atoms with E-state index in [1.807, 2.05) is 54.6 Å². The fourth-order valence-electron chi connectivity index (χ4n) is 4.90. The van der Waals surface area contributed by atoms with Crippen molar-refractivity contribution in [3.8, 4) is 0 Å². The number of hydrogen-bond acceptors (Lipinski definition) is 9. The van der Waals surface area contributed by atoms with Crippen molar-refractivity contribution in [3.05, 3.63) is 101 Å². The molecule has 0 aliphatic carbocycles. The van der Waals surface area contributed by atoms with Gasteiger partial charge in [-0.25, -0.2) is 13.2 Å². The third kappa shape index (κ3) is 8.42. The Balaban J connectivity index is 1.45. The van der Waals surface area contributed by atoms with Gasteiger partial charge in [0.05, 0.1) is 30.7 Å². The molecule has 232 valence electrons. The zero-order chi connectivity index (χ0) is 31.7. The number of carbonyl (C=O) groups is 3. The molecular formula is C31H35N5O7S. The Bertz CT molecular complexity index is 1600. The molecule has 1 aliphatic heterocycles. The summed E-state index contributed by atoms with van der Waals surface area (Å²) in [7, 11) is -2.97. The topological polar surface area (TPSA) is 169 Å². The zero-order valence-electron chi connectivity index (χ0n) is 24.4. The minimum absolute atomic E-state index is 0.0266. The molecule has 0 bridgehead atoms. The molecule has 1 fully saturated rings. The third-order valence-corrected chi connectivity index (χ3v) is 8.57. The minimum atomic E-state index is -4.09. The molecule has 0 aromatic heterocycles. The van der Waals surface area contributed by atoms with Crippen LogP contribution in [-0.4, -0.2) is 63.3 Å². The summed E-state index contributed by atoms with van der Waals surface area (Å²) in [5.41, 5.74) is 3.27. The van der Waals surface area contributed by atoms with Gasteiger partial charge in [-0.3, -0.25) is 14.5 Å². The Hall–Kier alpha value is -4.75. The van der Waals surface area contributed by atoms with Crippen LogP contribution in [0, 0.1) is 6.92 Å². The summed E-state index contributed by atoms with van der Waals surface area (Å²) in [6.07, 6.45) is 0.282. The number of benzene rings is 3. The van der Waals surface area contributed by atoms with E-state index in [1.54, 1.807) is 24.0 Å². The maximum Gasteiger partial charge on any atom is 0.410 e. The van der Waals surface area contributed by atoms with Crippen LogP contribution in [0.3, 0.4) is 0 Å². The summed E-state index contributed by atoms with van der Waals surface area (Å²) < 4.78 is 38.5. The van der Waals surface area contributed by atoms with E-state index in [-0.39, 0.29) is 17.9 Å². The van der Waals surface area contributed by atoms with Crippen LogP contribution < -0.4 is 15.9 Å². The number of hydrogen-bond donors (Lipinski definition) is 3. The van der Waals surface area contributed by atoms with Crippen molar-refractivity contribution in [2.75, 3.05) is 13.7 Å². The maximum atomic E-state index is 13.2. The number of methoxy groups -OCH3 is 1. The molecule has 4 rings (SSSR count). The lowest BCUT2D eigenvalue weighted by atomic mass is 9.95. The van der Waals surface area contributed by atoms with Crippen molar-refractivity contribution in [2.24, 2.45) is 10.9 Å². The molecule has 13 heteroatoms. The first-order valence-electron chi connectivity index (χ1n) is 13.9. The van der Waals surface area contributed by atoms with E-state index in [1.165, 1.54) is 18.3 Å². The molecule has 3 aromatic rings. The van der Waals surface area contributed by atoms with Crippen molar-refractivity contribution in [1.82, 2.24) is 14.9 Å². The highest BCUT2D eigenvalue weighted by atomic mass is 32.2. The van der Waals surface area contributed by atoms with Gasteiger partial charge >= 0.3 is 12.1 Å². The predicted molar refractivity (Wildman–Crippen MR) is 163 cm³/mol. The highest BCUT2D eigenvalue weighted by molar-refractivity contribution is 7.89. The zero-order valence-corrected chi connectivity index (χ0v) is 25.2. The number of carbonyl (C=O) groups excluding carboxylic acids is 3. The van der Waals surface area contributed by atoms with Gasteiger partial charge in [-0.15, -0.1) is 0 Å². The summed E-state index contributed by atoms with van der Waals surface area (Å²) in [6, 6.07) is 21.3. The van der Waals surface area contributed by atoms with E-state index >= 15 is 0 Å². The second kappa shape index (κ2) is 14.6. The fourth-order valence-corrected chi connectivity index (χ4v) is 6.19. The smallest absolute Gasteiger partial charge is 0.410 e. The Morgan fingerprint density at radius 1 is 1.11 bits per heavy atom. The molecule has 12 nitrogen and oxygen atoms in total. The standard InChI is InChI=1S/C31H35N5O7S/c1-21-7-6-10-26(15-21)44(40,41)35-27(30(38)42-2)19-33-29(37)17-25-16-28(24-13-11-22(12-14-24)18-34-32)36(31(39)43-25)20-23-8-4-3-5-9-23/h3-15,18,25,27-28,35H,16-17,19-20,32H2,1-2H3,(H,33,37)/t25-,27-,28+/m0/s1. The summed E-state index contributed by atoms with van der Waals surface area (Å²) in [4.78, 5) is 40.2. The number of ether oxygens (including phenoxy) is 2. The van der Waals surface area contributed by atoms with Gasteiger partial charge in [0, 0.05) is 19.5 Å². The maximum absolute atomic E-state index is 13.2. The van der Waals surface area contributed by atoms with Gasteiger partial charge in [-0.2, -0.15) is 9.82 Å². The Labute approximate surface area is 256 Å². The van der Waals surface area contributed by atoms with E-state index in [0.717, 1.165) is 29.4 Å². The SMILES string of the molecule is COC(=O)[C@H](CNC(=O)C[C@@H]1C[C@H](c2ccc(C=NN)cc2)N(Cc2ccccc2)C(=O)O1)NS(=O)(=O)c1cccc(C)c1. The highest BCUT2D eigenvalue weighted by Gasteiger charge is 2.37. The lowest BCUT2D eigenvalue weighted by molar-refractivity contribution is -0.142. The Kier molecular flexibility index (Phi) is 10.7. The number of rotatable bonds is 12. The van der Waals surface area contributed by atoms with Crippen LogP contribution in [0.1, 0.15) is 41.1 Å². The average molecular weight is 622 g/mol. The van der Waals surface area contributed by atoms with Gasteiger partial charge in [0.1, 0.15) is 12.1 Å². The van der Waals surface area contributed by atoms with E-state index < -0.39 is 46.2 Å². The van der Waals surface area contributed by atoms with Gasteiger partial charge in [0.2, 0.25) is 15.9 Å². The molecule has 0 unspecified atom stereocenters. The molecule has 0 spiro atoms. The predicted octanol–water partition coefficient (Wildman–Crippen LogP) is 2.77. The molecule has 1 heterocycles. The number of cyclic esters (lactones) is 1. The second-order valence-electron chi connectivity index (χ2n) is 10.3. The first kappa shape index (κ1) is 32.2. The van der Waals surface area contributed by atoms with Crippen LogP contribution in [0.25, 0.3) is 0 Å². The van der Waals surface area contributed by atoms with Crippen LogP contribution in [0.5, 0.6) is 0 Å². The number of amides is 2. The number of aryl methyl sites for hydroxylation is 1. The molecule has 3 aromatic carbocycles. The highest BCUT2D eigenvalue weighted by Crippen LogP contribution is 2.34. The average Bonchev–Trinajstić information content (AvgIpc) is 3.01. The fraction of sp³-hybridized carbons (Fsp3) is 0.290. The number of esters is 1. The molecular weight excluding hydrogens is 586 g/mol. The van der Waals surface area contributed by atoms with Gasteiger partial charge in [-0.1, -0.05) is 66.7 Å². The number of sulfonamides is 1. The summed E-state index contributed by atoms with van der Waals surface area (Å²) >= 11 is 0. The third-order valence-electron chi connectivity index (χ3n) is 7.10. The first-order chi connectivity index (χ1) is 21.1. The van der Waals surface area contributed by atoms with Gasteiger partial charge in [0.25, 0.3) is 0 Å². The van der Waals surface area contributed by atoms with Crippen LogP contribution in [0.4, 0.5) is 4.79 Å². The molecule has 4 N–H and O–H groups in total. The van der Waals surface area contributed by atoms with Crippen molar-refractivity contribution in [2.45, 2.75) is 49.4 Å². The van der Waals surface area contributed by atoms with Gasteiger partial charge in [0.15, 0.2) is 0 Å². The van der Waals surface area contributed by atoms with Crippen molar-refractivity contribution in [3.63, 3.8) is 0 Å². The van der Waals surface area contributed by atoms with Crippen molar-refractivity contribution >= 4 is 34.2 Å². The van der Waals surface area contributed by atoms with Crippen LogP contribution >= 0.6 is 0 Å². The summed E-state index contributed by atoms with van der Waals surface area (Å²) in [5, 5.41) is 6.11. The quantitative estimate of drug-likeness (QED) is 0.120. The van der Waals surface area contributed by atoms with Crippen molar-refractivity contribution < 1.29 is 32.3 Å². The van der Waals surface area contributed by atoms with Crippen LogP contribution in [-0.2, 0) is 35.6 Å². The van der Waals surface area contributed by atoms with Gasteiger partial charge < -0.3 is 20.6 Å². The lowest BCUT2D eigenvalue weighted by Crippen LogP contribution is -2.50.